The van der Waals surface area contributed by atoms with E-state index in [2.05, 4.69) is 27.6 Å². The molecule has 1 aromatic heterocycles. The molecular formula is C17H31Cl2N5O. The SMILES string of the molecule is CC1CCCN(CCNC(=O)[C@H]2CNC[C@@H]2c2cnn(C)c2)C1.Cl.Cl. The molecule has 2 N–H and O–H groups in total. The summed E-state index contributed by atoms with van der Waals surface area (Å²) >= 11 is 0. The predicted octanol–water partition coefficient (Wildman–Crippen LogP) is 1.41. The van der Waals surface area contributed by atoms with Crippen molar-refractivity contribution in [3.63, 3.8) is 0 Å². The van der Waals surface area contributed by atoms with Crippen LogP contribution in [-0.2, 0) is 11.8 Å². The van der Waals surface area contributed by atoms with Crippen LogP contribution in [-0.4, -0.2) is 59.9 Å². The number of aryl methyl sites for hydroxylation is 1. The molecule has 25 heavy (non-hydrogen) atoms. The van der Waals surface area contributed by atoms with E-state index in [1.807, 2.05) is 19.4 Å². The summed E-state index contributed by atoms with van der Waals surface area (Å²) < 4.78 is 1.81. The lowest BCUT2D eigenvalue weighted by molar-refractivity contribution is -0.124. The third-order valence-electron chi connectivity index (χ3n) is 5.17. The van der Waals surface area contributed by atoms with Crippen molar-refractivity contribution in [1.82, 2.24) is 25.3 Å². The van der Waals surface area contributed by atoms with Gasteiger partial charge in [-0.05, 0) is 30.9 Å². The Bertz CT molecular complexity index is 539. The number of piperidine rings is 1. The Morgan fingerprint density at radius 3 is 2.88 bits per heavy atom. The van der Waals surface area contributed by atoms with Crippen molar-refractivity contribution in [1.29, 1.82) is 0 Å². The minimum atomic E-state index is 0. The van der Waals surface area contributed by atoms with Gasteiger partial charge < -0.3 is 15.5 Å². The van der Waals surface area contributed by atoms with Crippen molar-refractivity contribution >= 4 is 30.7 Å². The fraction of sp³-hybridized carbons (Fsp3) is 0.765. The summed E-state index contributed by atoms with van der Waals surface area (Å²) in [7, 11) is 1.92. The van der Waals surface area contributed by atoms with E-state index >= 15 is 0 Å². The molecule has 6 nitrogen and oxygen atoms in total. The van der Waals surface area contributed by atoms with Crippen molar-refractivity contribution in [2.45, 2.75) is 25.7 Å². The zero-order valence-corrected chi connectivity index (χ0v) is 16.7. The Morgan fingerprint density at radius 2 is 2.20 bits per heavy atom. The lowest BCUT2D eigenvalue weighted by Gasteiger charge is -2.30. The second-order valence-corrected chi connectivity index (χ2v) is 7.16. The summed E-state index contributed by atoms with van der Waals surface area (Å²) in [6.07, 6.45) is 6.52. The van der Waals surface area contributed by atoms with Gasteiger partial charge in [-0.2, -0.15) is 5.10 Å². The van der Waals surface area contributed by atoms with Crippen molar-refractivity contribution in [2.75, 3.05) is 39.3 Å². The summed E-state index contributed by atoms with van der Waals surface area (Å²) in [6.45, 7) is 7.98. The molecule has 2 aliphatic rings. The number of rotatable bonds is 5. The molecule has 8 heteroatoms. The van der Waals surface area contributed by atoms with E-state index in [4.69, 9.17) is 0 Å². The van der Waals surface area contributed by atoms with Gasteiger partial charge in [0, 0.05) is 51.9 Å². The lowest BCUT2D eigenvalue weighted by Crippen LogP contribution is -2.42. The van der Waals surface area contributed by atoms with E-state index in [9.17, 15) is 4.79 Å². The Morgan fingerprint density at radius 1 is 1.40 bits per heavy atom. The van der Waals surface area contributed by atoms with Crippen LogP contribution in [0.2, 0.25) is 0 Å². The number of hydrogen-bond acceptors (Lipinski definition) is 4. The van der Waals surface area contributed by atoms with Gasteiger partial charge in [-0.1, -0.05) is 6.92 Å². The summed E-state index contributed by atoms with van der Waals surface area (Å²) in [4.78, 5) is 15.0. The smallest absolute Gasteiger partial charge is 0.225 e. The highest BCUT2D eigenvalue weighted by Crippen LogP contribution is 2.27. The van der Waals surface area contributed by atoms with Gasteiger partial charge in [0.05, 0.1) is 12.1 Å². The number of hydrogen-bond donors (Lipinski definition) is 2. The molecule has 0 saturated carbocycles. The van der Waals surface area contributed by atoms with Gasteiger partial charge in [0.2, 0.25) is 5.91 Å². The van der Waals surface area contributed by atoms with Crippen LogP contribution < -0.4 is 10.6 Å². The average Bonchev–Trinajstić information content (AvgIpc) is 3.15. The molecular weight excluding hydrogens is 361 g/mol. The van der Waals surface area contributed by atoms with Gasteiger partial charge in [0.1, 0.15) is 0 Å². The number of amides is 1. The number of carbonyl (C=O) groups excluding carboxylic acids is 1. The normalized spacial score (nSPS) is 26.6. The standard InChI is InChI=1S/C17H29N5O.2ClH/c1-13-4-3-6-22(11-13)7-5-19-17(23)16-10-18-9-15(16)14-8-20-21(2)12-14;;/h8,12-13,15-16,18H,3-7,9-11H2,1-2H3,(H,19,23);2*1H/t13?,15-,16+;;/m1../s1. The molecule has 0 aromatic carbocycles. The molecule has 0 aliphatic carbocycles. The number of likely N-dealkylation sites (tertiary alicyclic amines) is 1. The largest absolute Gasteiger partial charge is 0.355 e. The predicted molar refractivity (Wildman–Crippen MR) is 105 cm³/mol. The molecule has 1 amide bonds. The quantitative estimate of drug-likeness (QED) is 0.796. The fourth-order valence-corrected chi connectivity index (χ4v) is 3.89. The molecule has 3 rings (SSSR count). The molecule has 0 spiro atoms. The number of halogens is 2. The van der Waals surface area contributed by atoms with Crippen molar-refractivity contribution < 1.29 is 4.79 Å². The van der Waals surface area contributed by atoms with Crippen LogP contribution in [0.5, 0.6) is 0 Å². The van der Waals surface area contributed by atoms with Crippen LogP contribution in [0, 0.1) is 11.8 Å². The molecule has 1 aromatic rings. The summed E-state index contributed by atoms with van der Waals surface area (Å²) in [6, 6.07) is 0. The highest BCUT2D eigenvalue weighted by Gasteiger charge is 2.34. The first-order valence-electron chi connectivity index (χ1n) is 8.83. The fourth-order valence-electron chi connectivity index (χ4n) is 3.89. The van der Waals surface area contributed by atoms with Gasteiger partial charge in [-0.25, -0.2) is 0 Å². The molecule has 144 valence electrons. The van der Waals surface area contributed by atoms with Crippen molar-refractivity contribution in [3.8, 4) is 0 Å². The van der Waals surface area contributed by atoms with E-state index in [0.717, 1.165) is 37.7 Å². The van der Waals surface area contributed by atoms with Gasteiger partial charge in [0.15, 0.2) is 0 Å². The van der Waals surface area contributed by atoms with E-state index in [1.165, 1.54) is 25.9 Å². The van der Waals surface area contributed by atoms with Crippen molar-refractivity contribution in [2.24, 2.45) is 18.9 Å². The van der Waals surface area contributed by atoms with Gasteiger partial charge in [-0.3, -0.25) is 9.48 Å². The molecule has 3 heterocycles. The molecule has 0 bridgehead atoms. The van der Waals surface area contributed by atoms with Crippen LogP contribution in [0.3, 0.4) is 0 Å². The topological polar surface area (TPSA) is 62.2 Å². The maximum absolute atomic E-state index is 12.5. The first kappa shape index (κ1) is 22.2. The number of carbonyl (C=O) groups is 1. The summed E-state index contributed by atoms with van der Waals surface area (Å²) in [5.41, 5.74) is 1.16. The van der Waals surface area contributed by atoms with Gasteiger partial charge in [-0.15, -0.1) is 24.8 Å². The summed E-state index contributed by atoms with van der Waals surface area (Å²) in [5, 5.41) is 10.7. The Hall–Kier alpha value is -0.820. The summed E-state index contributed by atoms with van der Waals surface area (Å²) in [5.74, 6) is 1.21. The van der Waals surface area contributed by atoms with Gasteiger partial charge >= 0.3 is 0 Å². The molecule has 2 fully saturated rings. The Labute approximate surface area is 162 Å². The third-order valence-corrected chi connectivity index (χ3v) is 5.17. The first-order chi connectivity index (χ1) is 11.1. The third kappa shape index (κ3) is 5.84. The Kier molecular flexibility index (Phi) is 9.21. The Balaban J connectivity index is 0.00000156. The van der Waals surface area contributed by atoms with Crippen LogP contribution in [0.1, 0.15) is 31.2 Å². The van der Waals surface area contributed by atoms with E-state index < -0.39 is 0 Å². The number of nitrogens with zero attached hydrogens (tertiary/aromatic N) is 3. The van der Waals surface area contributed by atoms with E-state index in [-0.39, 0.29) is 42.6 Å². The molecule has 1 unspecified atom stereocenters. The number of nitrogens with one attached hydrogen (secondary N) is 2. The minimum absolute atomic E-state index is 0. The molecule has 3 atom stereocenters. The molecule has 2 saturated heterocycles. The molecule has 2 aliphatic heterocycles. The minimum Gasteiger partial charge on any atom is -0.355 e. The van der Waals surface area contributed by atoms with Crippen LogP contribution in [0.15, 0.2) is 12.4 Å². The zero-order valence-electron chi connectivity index (χ0n) is 15.1. The van der Waals surface area contributed by atoms with E-state index in [1.54, 1.807) is 4.68 Å². The molecule has 0 radical (unpaired) electrons. The van der Waals surface area contributed by atoms with Gasteiger partial charge in [0.25, 0.3) is 0 Å². The lowest BCUT2D eigenvalue weighted by atomic mass is 9.90. The second-order valence-electron chi connectivity index (χ2n) is 7.16. The van der Waals surface area contributed by atoms with Crippen LogP contribution in [0.4, 0.5) is 0 Å². The average molecular weight is 392 g/mol. The maximum atomic E-state index is 12.5. The second kappa shape index (κ2) is 10.4. The van der Waals surface area contributed by atoms with Crippen molar-refractivity contribution in [3.05, 3.63) is 18.0 Å². The monoisotopic (exact) mass is 391 g/mol. The van der Waals surface area contributed by atoms with E-state index in [0.29, 0.717) is 0 Å². The van der Waals surface area contributed by atoms with Crippen LogP contribution >= 0.6 is 24.8 Å². The maximum Gasteiger partial charge on any atom is 0.225 e. The number of aromatic nitrogens is 2. The highest BCUT2D eigenvalue weighted by molar-refractivity contribution is 5.85. The first-order valence-corrected chi connectivity index (χ1v) is 8.83. The van der Waals surface area contributed by atoms with Crippen LogP contribution in [0.25, 0.3) is 0 Å². The highest BCUT2D eigenvalue weighted by atomic mass is 35.5. The zero-order chi connectivity index (χ0) is 16.2.